The number of pyridine rings is 1. The van der Waals surface area contributed by atoms with Gasteiger partial charge in [-0.1, -0.05) is 6.07 Å². The maximum atomic E-state index is 9.95. The molecule has 1 fully saturated rings. The molecule has 2 aromatic carbocycles. The van der Waals surface area contributed by atoms with Crippen molar-refractivity contribution >= 4 is 35.6 Å². The molecule has 0 amide bonds. The summed E-state index contributed by atoms with van der Waals surface area (Å²) in [7, 11) is 1.89. The van der Waals surface area contributed by atoms with E-state index in [1.54, 1.807) is 28.4 Å². The molecule has 4 atom stereocenters. The number of benzene rings is 2. The molecule has 1 aliphatic heterocycles. The lowest BCUT2D eigenvalue weighted by Crippen LogP contribution is -2.33. The number of aromatic nitrogens is 5. The smallest absolute Gasteiger partial charge is 0.466 e. The lowest BCUT2D eigenvalue weighted by molar-refractivity contribution is -0.0511. The molecule has 264 valence electrons. The molecule has 1 saturated heterocycles. The summed E-state index contributed by atoms with van der Waals surface area (Å²) in [6.07, 6.45) is 1.06. The number of ether oxygens (including phenoxy) is 5. The zero-order chi connectivity index (χ0) is 35.9. The van der Waals surface area contributed by atoms with Gasteiger partial charge in [-0.25, -0.2) is 19.5 Å². The summed E-state index contributed by atoms with van der Waals surface area (Å²) in [4.78, 5) is 38.0. The zero-order valence-electron chi connectivity index (χ0n) is 26.8. The van der Waals surface area contributed by atoms with E-state index < -0.39 is 39.0 Å². The van der Waals surface area contributed by atoms with Gasteiger partial charge in [0.2, 0.25) is 0 Å². The first-order valence-electron chi connectivity index (χ1n) is 14.4. The molecule has 8 N–H and O–H groups in total. The van der Waals surface area contributed by atoms with Gasteiger partial charge in [0.05, 0.1) is 47.1 Å². The molecule has 0 aliphatic carbocycles. The second-order valence-corrected chi connectivity index (χ2v) is 11.4. The minimum absolute atomic E-state index is 0.218. The van der Waals surface area contributed by atoms with Crippen LogP contribution in [0.15, 0.2) is 55.2 Å². The van der Waals surface area contributed by atoms with Crippen LogP contribution in [0.1, 0.15) is 17.5 Å². The fourth-order valence-corrected chi connectivity index (χ4v) is 5.05. The second-order valence-electron chi connectivity index (χ2n) is 10.4. The first-order valence-corrected chi connectivity index (χ1v) is 15.9. The molecule has 18 nitrogen and oxygen atoms in total. The van der Waals surface area contributed by atoms with Crippen molar-refractivity contribution in [2.75, 3.05) is 40.8 Å². The monoisotopic (exact) mass is 704 g/mol. The quantitative estimate of drug-likeness (QED) is 0.111. The van der Waals surface area contributed by atoms with Crippen LogP contribution >= 0.6 is 7.82 Å². The fourth-order valence-electron chi connectivity index (χ4n) is 5.05. The number of nitrogens with two attached hydrogens (primary N) is 1. The van der Waals surface area contributed by atoms with E-state index >= 15 is 0 Å². The largest absolute Gasteiger partial charge is 0.493 e. The highest BCUT2D eigenvalue weighted by Crippen LogP contribution is 2.35. The summed E-state index contributed by atoms with van der Waals surface area (Å²) >= 11 is 0. The normalized spacial score (nSPS) is 18.7. The van der Waals surface area contributed by atoms with E-state index in [9.17, 15) is 10.2 Å². The Kier molecular flexibility index (Phi) is 12.3. The molecule has 0 unspecified atom stereocenters. The van der Waals surface area contributed by atoms with Crippen molar-refractivity contribution in [3.63, 3.8) is 0 Å². The summed E-state index contributed by atoms with van der Waals surface area (Å²) in [5, 5.41) is 30.8. The van der Waals surface area contributed by atoms with Crippen LogP contribution in [-0.2, 0) is 15.7 Å². The molecule has 49 heavy (non-hydrogen) atoms. The maximum Gasteiger partial charge on any atom is 0.466 e. The molecule has 4 heterocycles. The molecule has 3 aromatic heterocycles. The third-order valence-electron chi connectivity index (χ3n) is 7.35. The number of fused-ring (bicyclic) bond motifs is 2. The number of hydrogen-bond acceptors (Lipinski definition) is 14. The Hall–Kier alpha value is -4.65. The average molecular weight is 705 g/mol. The van der Waals surface area contributed by atoms with Crippen molar-refractivity contribution in [1.29, 1.82) is 0 Å². The van der Waals surface area contributed by atoms with Gasteiger partial charge in [0.1, 0.15) is 30.2 Å². The van der Waals surface area contributed by atoms with Crippen molar-refractivity contribution in [2.24, 2.45) is 0 Å². The van der Waals surface area contributed by atoms with E-state index in [-0.39, 0.29) is 5.82 Å². The molecular formula is C30H37N6O12P. The Labute approximate surface area is 279 Å². The number of anilines is 1. The third kappa shape index (κ3) is 8.88. The molecule has 0 spiro atoms. The Morgan fingerprint density at radius 3 is 2.10 bits per heavy atom. The minimum Gasteiger partial charge on any atom is -0.493 e. The molecule has 0 radical (unpaired) electrons. The molecule has 1 aliphatic rings. The first kappa shape index (κ1) is 37.2. The van der Waals surface area contributed by atoms with Crippen LogP contribution in [-0.4, -0.2) is 108 Å². The number of imidazole rings is 1. The van der Waals surface area contributed by atoms with Gasteiger partial charge in [0, 0.05) is 18.0 Å². The number of hydrogen-bond donors (Lipinski definition) is 7. The highest BCUT2D eigenvalue weighted by Gasteiger charge is 2.44. The van der Waals surface area contributed by atoms with Crippen molar-refractivity contribution in [1.82, 2.24) is 24.5 Å². The van der Waals surface area contributed by atoms with Crippen LogP contribution in [0.3, 0.4) is 0 Å². The first-order chi connectivity index (χ1) is 23.3. The SMILES string of the molecule is COc1ccc(Cc2nccc3cc(OC)c(OC)cc23)cc1OC.Nc1ncnc2c1ncn2[C@@H]1O[C@H](CO)[C@@H](O)[C@H]1O.O=P(O)(O)O. The standard InChI is InChI=1S/C20H21NO4.C10H13N5O4.H3O4P/c1-22-17-6-5-13(10-18(17)23-2)9-16-15-12-20(25-4)19(24-3)11-14(15)7-8-21-16;11-8-5-9(13-2-12-8)15(3-14-5)10-7(18)6(17)4(1-16)19-10;1-5(2,3)4/h5-8,10-12H,9H2,1-4H3;2-4,6-7,10,16-18H,1H2,(H2,11,12,13);(H3,1,2,3,4)/t;4-,6-,7-,10-;/m.1./s1. The van der Waals surface area contributed by atoms with Crippen LogP contribution < -0.4 is 24.7 Å². The van der Waals surface area contributed by atoms with Crippen molar-refractivity contribution in [3.05, 3.63) is 66.5 Å². The molecule has 19 heteroatoms. The van der Waals surface area contributed by atoms with Gasteiger partial charge in [-0.05, 0) is 41.3 Å². The predicted octanol–water partition coefficient (Wildman–Crippen LogP) is 0.951. The molecule has 5 aromatic rings. The van der Waals surface area contributed by atoms with Gasteiger partial charge in [-0.2, -0.15) is 0 Å². The Morgan fingerprint density at radius 1 is 0.857 bits per heavy atom. The topological polar surface area (TPSA) is 267 Å². The van der Waals surface area contributed by atoms with Gasteiger partial charge in [0.25, 0.3) is 0 Å². The van der Waals surface area contributed by atoms with Crippen LogP contribution in [0, 0.1) is 0 Å². The highest BCUT2D eigenvalue weighted by atomic mass is 31.2. The maximum absolute atomic E-state index is 9.95. The number of nitrogens with zero attached hydrogens (tertiary/aromatic N) is 5. The highest BCUT2D eigenvalue weighted by molar-refractivity contribution is 7.45. The number of aliphatic hydroxyl groups is 3. The summed E-state index contributed by atoms with van der Waals surface area (Å²) in [5.41, 5.74) is 8.50. The number of rotatable bonds is 8. The number of aliphatic hydroxyl groups excluding tert-OH is 3. The van der Waals surface area contributed by atoms with Crippen molar-refractivity contribution in [3.8, 4) is 23.0 Å². The second kappa shape index (κ2) is 16.2. The fraction of sp³-hybridized carbons (Fsp3) is 0.333. The lowest BCUT2D eigenvalue weighted by atomic mass is 10.0. The summed E-state index contributed by atoms with van der Waals surface area (Å²) in [5.74, 6) is 3.04. The van der Waals surface area contributed by atoms with Gasteiger partial charge < -0.3 is 59.4 Å². The van der Waals surface area contributed by atoms with E-state index in [4.69, 9.17) is 53.8 Å². The predicted molar refractivity (Wildman–Crippen MR) is 174 cm³/mol. The van der Waals surface area contributed by atoms with E-state index in [1.165, 1.54) is 17.2 Å². The summed E-state index contributed by atoms with van der Waals surface area (Å²) in [6.45, 7) is -0.390. The third-order valence-corrected chi connectivity index (χ3v) is 7.35. The summed E-state index contributed by atoms with van der Waals surface area (Å²) < 4.78 is 37.2. The summed E-state index contributed by atoms with van der Waals surface area (Å²) in [6, 6.07) is 11.8. The van der Waals surface area contributed by atoms with E-state index in [0.29, 0.717) is 40.6 Å². The molecular weight excluding hydrogens is 667 g/mol. The van der Waals surface area contributed by atoms with Crippen molar-refractivity contribution < 1.29 is 58.2 Å². The van der Waals surface area contributed by atoms with Gasteiger partial charge in [0.15, 0.2) is 40.7 Å². The number of nitrogen functional groups attached to an aromatic ring is 1. The molecule has 0 saturated carbocycles. The molecule has 0 bridgehead atoms. The van der Waals surface area contributed by atoms with Crippen LogP contribution in [0.25, 0.3) is 21.9 Å². The molecule has 6 rings (SSSR count). The Morgan fingerprint density at radius 2 is 1.49 bits per heavy atom. The lowest BCUT2D eigenvalue weighted by Gasteiger charge is -2.16. The van der Waals surface area contributed by atoms with Gasteiger partial charge in [-0.3, -0.25) is 9.55 Å². The van der Waals surface area contributed by atoms with Gasteiger partial charge in [-0.15, -0.1) is 0 Å². The van der Waals surface area contributed by atoms with E-state index in [1.807, 2.05) is 42.6 Å². The van der Waals surface area contributed by atoms with E-state index in [2.05, 4.69) is 19.9 Å². The van der Waals surface area contributed by atoms with Crippen LogP contribution in [0.2, 0.25) is 0 Å². The minimum atomic E-state index is -4.64. The van der Waals surface area contributed by atoms with Crippen molar-refractivity contribution in [2.45, 2.75) is 31.0 Å². The Balaban J connectivity index is 0.000000199. The average Bonchev–Trinajstić information content (AvgIpc) is 3.64. The van der Waals surface area contributed by atoms with Crippen LogP contribution in [0.4, 0.5) is 5.82 Å². The number of methoxy groups -OCH3 is 4. The van der Waals surface area contributed by atoms with Gasteiger partial charge >= 0.3 is 7.82 Å². The Bertz CT molecular complexity index is 1910. The zero-order valence-corrected chi connectivity index (χ0v) is 27.7. The van der Waals surface area contributed by atoms with Crippen LogP contribution in [0.5, 0.6) is 23.0 Å². The number of phosphoric acid groups is 1. The van der Waals surface area contributed by atoms with E-state index in [0.717, 1.165) is 22.0 Å².